The number of likely N-dealkylation sites (tertiary alicyclic amines) is 1. The number of hydrogen-bond acceptors (Lipinski definition) is 3. The van der Waals surface area contributed by atoms with Gasteiger partial charge in [-0.05, 0) is 30.4 Å². The molecule has 5 rings (SSSR count). The molecule has 10 heteroatoms. The van der Waals surface area contributed by atoms with Crippen molar-refractivity contribution in [2.75, 3.05) is 11.9 Å². The number of amides is 4. The number of carbonyl (C=O) groups is 3. The summed E-state index contributed by atoms with van der Waals surface area (Å²) in [5.74, 6) is -0.571. The third-order valence-corrected chi connectivity index (χ3v) is 6.65. The lowest BCUT2D eigenvalue weighted by atomic mass is 10.1. The van der Waals surface area contributed by atoms with Gasteiger partial charge in [0.1, 0.15) is 11.9 Å². The Hall–Kier alpha value is -3.59. The minimum absolute atomic E-state index is 0.0130. The summed E-state index contributed by atoms with van der Waals surface area (Å²) in [5.41, 5.74) is 6.72. The van der Waals surface area contributed by atoms with E-state index in [0.29, 0.717) is 23.1 Å². The lowest BCUT2D eigenvalue weighted by Gasteiger charge is -2.27. The monoisotopic (exact) mass is 469 g/mol. The van der Waals surface area contributed by atoms with E-state index in [9.17, 15) is 18.8 Å². The summed E-state index contributed by atoms with van der Waals surface area (Å²) >= 11 is 5.81. The molecule has 1 aromatic heterocycles. The van der Waals surface area contributed by atoms with Crippen molar-refractivity contribution in [3.05, 3.63) is 65.1 Å². The van der Waals surface area contributed by atoms with Gasteiger partial charge in [0.15, 0.2) is 0 Å². The molecule has 1 saturated carbocycles. The molecular weight excluding hydrogens is 449 g/mol. The quantitative estimate of drug-likeness (QED) is 0.543. The maximum atomic E-state index is 14.2. The summed E-state index contributed by atoms with van der Waals surface area (Å²) in [6, 6.07) is 9.91. The maximum Gasteiger partial charge on any atom is 0.323 e. The number of rotatable bonds is 4. The van der Waals surface area contributed by atoms with E-state index >= 15 is 0 Å². The second-order valence-electron chi connectivity index (χ2n) is 8.39. The number of anilines is 1. The highest BCUT2D eigenvalue weighted by Crippen LogP contribution is 2.49. The number of aromatic nitrogens is 1. The fourth-order valence-corrected chi connectivity index (χ4v) is 4.82. The molecule has 3 atom stereocenters. The van der Waals surface area contributed by atoms with Gasteiger partial charge in [0.2, 0.25) is 5.91 Å². The first-order chi connectivity index (χ1) is 15.8. The number of urea groups is 1. The number of fused-ring (bicyclic) bond motifs is 2. The van der Waals surface area contributed by atoms with Crippen molar-refractivity contribution in [2.24, 2.45) is 17.6 Å². The molecule has 2 aliphatic rings. The van der Waals surface area contributed by atoms with E-state index in [1.807, 2.05) is 0 Å². The zero-order valence-electron chi connectivity index (χ0n) is 17.4. The first kappa shape index (κ1) is 21.3. The van der Waals surface area contributed by atoms with Crippen LogP contribution in [0.15, 0.2) is 48.7 Å². The van der Waals surface area contributed by atoms with Gasteiger partial charge >= 0.3 is 12.1 Å². The minimum Gasteiger partial charge on any atom is -0.351 e. The van der Waals surface area contributed by atoms with E-state index in [0.717, 1.165) is 6.42 Å². The Morgan fingerprint density at radius 3 is 2.73 bits per heavy atom. The van der Waals surface area contributed by atoms with Gasteiger partial charge < -0.3 is 21.3 Å². The SMILES string of the molecule is NC(=O)n1cc(NC(=O)N2CC3CC3[C@H]2C(=O)NCc2cccc(Cl)c2F)c2ccccc21. The van der Waals surface area contributed by atoms with Crippen LogP contribution in [0.5, 0.6) is 0 Å². The molecule has 2 aromatic carbocycles. The van der Waals surface area contributed by atoms with Gasteiger partial charge in [-0.15, -0.1) is 0 Å². The molecule has 2 unspecified atom stereocenters. The molecule has 8 nitrogen and oxygen atoms in total. The molecule has 2 heterocycles. The second kappa shape index (κ2) is 8.08. The standard InChI is InChI=1S/C23H21ClFN5O3/c24-16-6-3-4-12(19(16)25)9-27-21(31)20-15-8-13(15)10-30(20)23(33)28-17-11-29(22(26)32)18-7-2-1-5-14(17)18/h1-7,11,13,15,20H,8-10H2,(H2,26,32)(H,27,31)(H,28,33)/t13?,15?,20-/m0/s1. The zero-order valence-corrected chi connectivity index (χ0v) is 18.2. The van der Waals surface area contributed by atoms with Gasteiger partial charge in [-0.1, -0.05) is 41.9 Å². The number of nitrogens with one attached hydrogen (secondary N) is 2. The fraction of sp³-hybridized carbons (Fsp3) is 0.261. The molecule has 1 saturated heterocycles. The lowest BCUT2D eigenvalue weighted by Crippen LogP contribution is -2.49. The number of para-hydroxylation sites is 1. The molecule has 4 amide bonds. The molecule has 1 aliphatic heterocycles. The summed E-state index contributed by atoms with van der Waals surface area (Å²) in [6.45, 7) is 0.426. The summed E-state index contributed by atoms with van der Waals surface area (Å²) in [7, 11) is 0. The van der Waals surface area contributed by atoms with Crippen molar-refractivity contribution in [2.45, 2.75) is 19.0 Å². The van der Waals surface area contributed by atoms with E-state index in [1.165, 1.54) is 21.7 Å². The third-order valence-electron chi connectivity index (χ3n) is 6.35. The molecule has 4 N–H and O–H groups in total. The summed E-state index contributed by atoms with van der Waals surface area (Å²) in [5, 5.41) is 6.20. The molecule has 3 aromatic rings. The Kier molecular flexibility index (Phi) is 5.20. The Morgan fingerprint density at radius 1 is 1.15 bits per heavy atom. The smallest absolute Gasteiger partial charge is 0.323 e. The first-order valence-electron chi connectivity index (χ1n) is 10.5. The molecule has 0 radical (unpaired) electrons. The number of piperidine rings is 1. The molecule has 33 heavy (non-hydrogen) atoms. The van der Waals surface area contributed by atoms with Crippen molar-refractivity contribution < 1.29 is 18.8 Å². The van der Waals surface area contributed by atoms with Crippen LogP contribution in [0.3, 0.4) is 0 Å². The number of nitrogens with zero attached hydrogens (tertiary/aromatic N) is 2. The number of hydrogen-bond donors (Lipinski definition) is 3. The lowest BCUT2D eigenvalue weighted by molar-refractivity contribution is -0.125. The van der Waals surface area contributed by atoms with Crippen LogP contribution in [0.4, 0.5) is 19.7 Å². The molecule has 1 aliphatic carbocycles. The predicted octanol–water partition coefficient (Wildman–Crippen LogP) is 3.53. The Labute approximate surface area is 193 Å². The van der Waals surface area contributed by atoms with E-state index in [2.05, 4.69) is 10.6 Å². The van der Waals surface area contributed by atoms with Gasteiger partial charge in [0.05, 0.1) is 16.2 Å². The van der Waals surface area contributed by atoms with Crippen molar-refractivity contribution >= 4 is 46.2 Å². The highest BCUT2D eigenvalue weighted by atomic mass is 35.5. The Morgan fingerprint density at radius 2 is 1.94 bits per heavy atom. The number of benzene rings is 2. The van der Waals surface area contributed by atoms with Crippen molar-refractivity contribution in [3.63, 3.8) is 0 Å². The summed E-state index contributed by atoms with van der Waals surface area (Å²) < 4.78 is 15.4. The molecule has 0 spiro atoms. The number of carbonyl (C=O) groups excluding carboxylic acids is 3. The van der Waals surface area contributed by atoms with Crippen molar-refractivity contribution in [3.8, 4) is 0 Å². The van der Waals surface area contributed by atoms with Gasteiger partial charge in [0, 0.05) is 30.2 Å². The summed E-state index contributed by atoms with van der Waals surface area (Å²) in [6.07, 6.45) is 2.34. The minimum atomic E-state index is -0.667. The molecular formula is C23H21ClFN5O3. The second-order valence-corrected chi connectivity index (χ2v) is 8.79. The van der Waals surface area contributed by atoms with Gasteiger partial charge in [-0.3, -0.25) is 9.36 Å². The van der Waals surface area contributed by atoms with E-state index in [1.54, 1.807) is 36.4 Å². The molecule has 0 bridgehead atoms. The zero-order chi connectivity index (χ0) is 23.3. The van der Waals surface area contributed by atoms with Crippen LogP contribution in [0, 0.1) is 17.7 Å². The molecule has 2 fully saturated rings. The highest BCUT2D eigenvalue weighted by molar-refractivity contribution is 6.30. The average molecular weight is 470 g/mol. The molecule has 170 valence electrons. The van der Waals surface area contributed by atoms with E-state index in [4.69, 9.17) is 17.3 Å². The van der Waals surface area contributed by atoms with E-state index in [-0.39, 0.29) is 34.9 Å². The topological polar surface area (TPSA) is 109 Å². The number of nitrogens with two attached hydrogens (primary N) is 1. The largest absolute Gasteiger partial charge is 0.351 e. The average Bonchev–Trinajstić information content (AvgIpc) is 3.30. The third kappa shape index (κ3) is 3.78. The van der Waals surface area contributed by atoms with Crippen molar-refractivity contribution in [1.29, 1.82) is 0 Å². The number of halogens is 2. The van der Waals surface area contributed by atoms with Gasteiger partial charge in [0.25, 0.3) is 0 Å². The van der Waals surface area contributed by atoms with E-state index < -0.39 is 23.9 Å². The Balaban J connectivity index is 1.32. The maximum absolute atomic E-state index is 14.2. The summed E-state index contributed by atoms with van der Waals surface area (Å²) in [4.78, 5) is 39.4. The van der Waals surface area contributed by atoms with Crippen LogP contribution in [0.1, 0.15) is 12.0 Å². The van der Waals surface area contributed by atoms with Crippen molar-refractivity contribution in [1.82, 2.24) is 14.8 Å². The fourth-order valence-electron chi connectivity index (χ4n) is 4.63. The van der Waals surface area contributed by atoms with Crippen LogP contribution < -0.4 is 16.4 Å². The predicted molar refractivity (Wildman–Crippen MR) is 121 cm³/mol. The first-order valence-corrected chi connectivity index (χ1v) is 10.9. The van der Waals surface area contributed by atoms with Crippen LogP contribution in [0.25, 0.3) is 10.9 Å². The highest BCUT2D eigenvalue weighted by Gasteiger charge is 2.56. The normalized spacial score (nSPS) is 21.0. The van der Waals surface area contributed by atoms with Crippen LogP contribution >= 0.6 is 11.6 Å². The van der Waals surface area contributed by atoms with Crippen LogP contribution in [0.2, 0.25) is 5.02 Å². The van der Waals surface area contributed by atoms with Crippen LogP contribution in [-0.2, 0) is 11.3 Å². The van der Waals surface area contributed by atoms with Gasteiger partial charge in [-0.25, -0.2) is 14.0 Å². The Bertz CT molecular complexity index is 1290. The van der Waals surface area contributed by atoms with Gasteiger partial charge in [-0.2, -0.15) is 0 Å². The number of primary amides is 1. The van der Waals surface area contributed by atoms with Crippen LogP contribution in [-0.4, -0.2) is 40.0 Å².